The van der Waals surface area contributed by atoms with E-state index < -0.39 is 0 Å². The molecule has 4 rings (SSSR count). The van der Waals surface area contributed by atoms with Gasteiger partial charge < -0.3 is 10.2 Å². The van der Waals surface area contributed by atoms with Crippen molar-refractivity contribution in [1.29, 1.82) is 5.26 Å². The molecule has 0 aliphatic carbocycles. The maximum absolute atomic E-state index is 8.78. The maximum atomic E-state index is 8.78. The summed E-state index contributed by atoms with van der Waals surface area (Å²) < 4.78 is 1.75. The molecule has 132 valence electrons. The Morgan fingerprint density at radius 1 is 1.23 bits per heavy atom. The minimum atomic E-state index is 0.244. The van der Waals surface area contributed by atoms with Gasteiger partial charge >= 0.3 is 0 Å². The molecule has 1 aliphatic rings. The number of hydrogen-bond acceptors (Lipinski definition) is 8. The van der Waals surface area contributed by atoms with Gasteiger partial charge in [-0.05, 0) is 18.9 Å². The summed E-state index contributed by atoms with van der Waals surface area (Å²) in [5.74, 6) is 1.54. The van der Waals surface area contributed by atoms with Gasteiger partial charge in [0, 0.05) is 31.5 Å². The van der Waals surface area contributed by atoms with Crippen molar-refractivity contribution in [1.82, 2.24) is 29.7 Å². The van der Waals surface area contributed by atoms with E-state index in [1.54, 1.807) is 23.3 Å². The van der Waals surface area contributed by atoms with Crippen molar-refractivity contribution in [2.45, 2.75) is 31.8 Å². The molecule has 3 aromatic rings. The van der Waals surface area contributed by atoms with Crippen molar-refractivity contribution in [2.24, 2.45) is 0 Å². The first-order valence-electron chi connectivity index (χ1n) is 8.67. The highest BCUT2D eigenvalue weighted by Gasteiger charge is 2.22. The third kappa shape index (κ3) is 3.26. The van der Waals surface area contributed by atoms with E-state index in [2.05, 4.69) is 41.3 Å². The van der Waals surface area contributed by atoms with Crippen LogP contribution in [0.4, 0.5) is 11.8 Å². The molecule has 3 aromatic heterocycles. The molecule has 0 saturated carbocycles. The second-order valence-corrected chi connectivity index (χ2v) is 6.21. The average molecular weight is 349 g/mol. The smallest absolute Gasteiger partial charge is 0.225 e. The molecule has 0 amide bonds. The largest absolute Gasteiger partial charge is 0.365 e. The highest BCUT2D eigenvalue weighted by atomic mass is 15.3. The Hall–Kier alpha value is -3.28. The van der Waals surface area contributed by atoms with Gasteiger partial charge in [-0.1, -0.05) is 0 Å². The van der Waals surface area contributed by atoms with Crippen LogP contribution in [0, 0.1) is 11.3 Å². The SMILES string of the molecule is N#CCCn1ncc2c(N[C@@H]3CCCN(c4ncccn4)C3)ncnc21. The summed E-state index contributed by atoms with van der Waals surface area (Å²) in [6.45, 7) is 2.30. The number of anilines is 2. The van der Waals surface area contributed by atoms with Crippen LogP contribution >= 0.6 is 0 Å². The van der Waals surface area contributed by atoms with Crippen molar-refractivity contribution < 1.29 is 0 Å². The third-order valence-corrected chi connectivity index (χ3v) is 4.47. The average Bonchev–Trinajstić information content (AvgIpc) is 3.11. The summed E-state index contributed by atoms with van der Waals surface area (Å²) in [4.78, 5) is 19.6. The molecule has 0 aromatic carbocycles. The Bertz CT molecular complexity index is 915. The highest BCUT2D eigenvalue weighted by molar-refractivity contribution is 5.86. The van der Waals surface area contributed by atoms with Gasteiger partial charge in [0.15, 0.2) is 5.65 Å². The topological polar surface area (TPSA) is 108 Å². The third-order valence-electron chi connectivity index (χ3n) is 4.47. The maximum Gasteiger partial charge on any atom is 0.225 e. The van der Waals surface area contributed by atoms with Crippen LogP contribution in [0.2, 0.25) is 0 Å². The molecule has 9 heteroatoms. The molecular weight excluding hydrogens is 330 g/mol. The van der Waals surface area contributed by atoms with Crippen LogP contribution in [-0.4, -0.2) is 48.8 Å². The molecule has 0 unspecified atom stereocenters. The molecule has 0 spiro atoms. The van der Waals surface area contributed by atoms with Crippen LogP contribution in [-0.2, 0) is 6.54 Å². The number of nitrogens with zero attached hydrogens (tertiary/aromatic N) is 8. The number of aryl methyl sites for hydroxylation is 1. The number of nitrogens with one attached hydrogen (secondary N) is 1. The van der Waals surface area contributed by atoms with E-state index >= 15 is 0 Å². The predicted octanol–water partition coefficient (Wildman–Crippen LogP) is 1.61. The first-order valence-corrected chi connectivity index (χ1v) is 8.67. The first-order chi connectivity index (χ1) is 12.8. The van der Waals surface area contributed by atoms with E-state index in [1.807, 2.05) is 6.07 Å². The molecule has 0 bridgehead atoms. The van der Waals surface area contributed by atoms with Gasteiger partial charge in [0.1, 0.15) is 12.1 Å². The van der Waals surface area contributed by atoms with E-state index in [1.165, 1.54) is 6.33 Å². The Labute approximate surface area is 150 Å². The molecule has 1 saturated heterocycles. The van der Waals surface area contributed by atoms with Crippen LogP contribution in [0.15, 0.2) is 31.0 Å². The van der Waals surface area contributed by atoms with Crippen molar-refractivity contribution in [3.8, 4) is 6.07 Å². The van der Waals surface area contributed by atoms with Crippen LogP contribution in [0.25, 0.3) is 11.0 Å². The number of hydrogen-bond donors (Lipinski definition) is 1. The zero-order valence-corrected chi connectivity index (χ0v) is 14.3. The minimum absolute atomic E-state index is 0.244. The summed E-state index contributed by atoms with van der Waals surface area (Å²) in [5, 5.41) is 17.5. The quantitative estimate of drug-likeness (QED) is 0.740. The standard InChI is InChI=1S/C17H19N9/c18-5-2-9-26-16-14(10-23-26)15(21-12-22-16)24-13-4-1-8-25(11-13)17-19-6-3-7-20-17/h3,6-7,10,12-13H,1-2,4,8-9,11H2,(H,21,22,24)/t13-/m1/s1. The van der Waals surface area contributed by atoms with E-state index in [0.717, 1.165) is 48.7 Å². The molecule has 1 N–H and O–H groups in total. The van der Waals surface area contributed by atoms with Gasteiger partial charge in [-0.15, -0.1) is 0 Å². The van der Waals surface area contributed by atoms with Crippen molar-refractivity contribution in [3.05, 3.63) is 31.0 Å². The Morgan fingerprint density at radius 2 is 2.12 bits per heavy atom. The fourth-order valence-corrected chi connectivity index (χ4v) is 3.25. The number of fused-ring (bicyclic) bond motifs is 1. The van der Waals surface area contributed by atoms with Crippen LogP contribution in [0.3, 0.4) is 0 Å². The van der Waals surface area contributed by atoms with Gasteiger partial charge in [-0.25, -0.2) is 24.6 Å². The van der Waals surface area contributed by atoms with Crippen LogP contribution in [0.1, 0.15) is 19.3 Å². The Balaban J connectivity index is 1.52. The molecule has 9 nitrogen and oxygen atoms in total. The van der Waals surface area contributed by atoms with Gasteiger partial charge in [-0.3, -0.25) is 0 Å². The van der Waals surface area contributed by atoms with E-state index in [9.17, 15) is 0 Å². The number of nitriles is 1. The molecule has 4 heterocycles. The first kappa shape index (κ1) is 16.2. The normalized spacial score (nSPS) is 17.2. The molecule has 1 fully saturated rings. The van der Waals surface area contributed by atoms with Gasteiger partial charge in [0.25, 0.3) is 0 Å². The fraction of sp³-hybridized carbons (Fsp3) is 0.412. The lowest BCUT2D eigenvalue weighted by molar-refractivity contribution is 0.522. The van der Waals surface area contributed by atoms with E-state index in [4.69, 9.17) is 5.26 Å². The zero-order chi connectivity index (χ0) is 17.8. The molecule has 1 aliphatic heterocycles. The second kappa shape index (κ2) is 7.31. The Morgan fingerprint density at radius 3 is 2.96 bits per heavy atom. The second-order valence-electron chi connectivity index (χ2n) is 6.21. The van der Waals surface area contributed by atoms with E-state index in [0.29, 0.717) is 13.0 Å². The van der Waals surface area contributed by atoms with Gasteiger partial charge in [0.05, 0.1) is 30.6 Å². The molecular formula is C17H19N9. The van der Waals surface area contributed by atoms with Crippen LogP contribution < -0.4 is 10.2 Å². The van der Waals surface area contributed by atoms with Crippen molar-refractivity contribution in [2.75, 3.05) is 23.3 Å². The van der Waals surface area contributed by atoms with Gasteiger partial charge in [0.2, 0.25) is 5.95 Å². The molecule has 1 atom stereocenters. The minimum Gasteiger partial charge on any atom is -0.365 e. The lowest BCUT2D eigenvalue weighted by Gasteiger charge is -2.33. The molecule has 0 radical (unpaired) electrons. The summed E-state index contributed by atoms with van der Waals surface area (Å²) in [6, 6.07) is 4.20. The summed E-state index contributed by atoms with van der Waals surface area (Å²) in [5.41, 5.74) is 0.747. The lowest BCUT2D eigenvalue weighted by atomic mass is 10.1. The van der Waals surface area contributed by atoms with Crippen molar-refractivity contribution in [3.63, 3.8) is 0 Å². The van der Waals surface area contributed by atoms with E-state index in [-0.39, 0.29) is 6.04 Å². The lowest BCUT2D eigenvalue weighted by Crippen LogP contribution is -2.43. The molecule has 26 heavy (non-hydrogen) atoms. The number of rotatable bonds is 5. The predicted molar refractivity (Wildman–Crippen MR) is 96.4 cm³/mol. The Kier molecular flexibility index (Phi) is 4.55. The summed E-state index contributed by atoms with van der Waals surface area (Å²) >= 11 is 0. The number of piperidine rings is 1. The van der Waals surface area contributed by atoms with Crippen LogP contribution in [0.5, 0.6) is 0 Å². The fourth-order valence-electron chi connectivity index (χ4n) is 3.25. The zero-order valence-electron chi connectivity index (χ0n) is 14.3. The number of aromatic nitrogens is 6. The monoisotopic (exact) mass is 349 g/mol. The van der Waals surface area contributed by atoms with Crippen molar-refractivity contribution >= 4 is 22.8 Å². The summed E-state index contributed by atoms with van der Waals surface area (Å²) in [6.07, 6.45) is 9.35. The summed E-state index contributed by atoms with van der Waals surface area (Å²) in [7, 11) is 0. The highest BCUT2D eigenvalue weighted by Crippen LogP contribution is 2.23. The van der Waals surface area contributed by atoms with Gasteiger partial charge in [-0.2, -0.15) is 10.4 Å².